The number of nitrogen functional groups attached to an aromatic ring is 1. The number of nitrogens with zero attached hydrogens (tertiary/aromatic N) is 2. The summed E-state index contributed by atoms with van der Waals surface area (Å²) in [6.45, 7) is 0.575. The molecule has 1 fully saturated rings. The van der Waals surface area contributed by atoms with Gasteiger partial charge >= 0.3 is 0 Å². The first-order valence-electron chi connectivity index (χ1n) is 5.31. The molecule has 1 aliphatic rings. The first-order valence-corrected chi connectivity index (χ1v) is 5.31. The molecule has 16 heavy (non-hydrogen) atoms. The van der Waals surface area contributed by atoms with Crippen LogP contribution >= 0.6 is 0 Å². The Morgan fingerprint density at radius 2 is 2.44 bits per heavy atom. The number of amides is 1. The number of anilines is 1. The fourth-order valence-electron chi connectivity index (χ4n) is 1.87. The lowest BCUT2D eigenvalue weighted by Gasteiger charge is -2.31. The molecule has 0 atom stereocenters. The van der Waals surface area contributed by atoms with Crippen molar-refractivity contribution < 1.29 is 9.90 Å². The molecule has 1 aromatic heterocycles. The number of carbonyl (C=O) groups is 1. The fraction of sp³-hybridized carbons (Fsp3) is 0.600. The van der Waals surface area contributed by atoms with Crippen molar-refractivity contribution in [2.75, 3.05) is 12.3 Å². The van der Waals surface area contributed by atoms with Crippen LogP contribution in [0, 0.1) is 5.92 Å². The SMILES string of the molecule is Cn1cc(N)c(C(=O)NCC2CC(O)C2)n1. The zero-order valence-electron chi connectivity index (χ0n) is 9.18. The van der Waals surface area contributed by atoms with Crippen LogP contribution < -0.4 is 11.1 Å². The summed E-state index contributed by atoms with van der Waals surface area (Å²) in [5.41, 5.74) is 6.28. The molecule has 4 N–H and O–H groups in total. The molecule has 2 rings (SSSR count). The van der Waals surface area contributed by atoms with Gasteiger partial charge in [-0.15, -0.1) is 0 Å². The van der Waals surface area contributed by atoms with Gasteiger partial charge in [0.25, 0.3) is 5.91 Å². The Morgan fingerprint density at radius 3 is 2.94 bits per heavy atom. The van der Waals surface area contributed by atoms with Crippen molar-refractivity contribution in [2.45, 2.75) is 18.9 Å². The number of carbonyl (C=O) groups excluding carboxylic acids is 1. The molecule has 0 unspecified atom stereocenters. The highest BCUT2D eigenvalue weighted by molar-refractivity contribution is 5.96. The monoisotopic (exact) mass is 224 g/mol. The summed E-state index contributed by atoms with van der Waals surface area (Å²) in [5, 5.41) is 15.8. The van der Waals surface area contributed by atoms with E-state index < -0.39 is 0 Å². The van der Waals surface area contributed by atoms with Gasteiger partial charge in [0, 0.05) is 19.8 Å². The van der Waals surface area contributed by atoms with Gasteiger partial charge in [0.1, 0.15) is 0 Å². The molecule has 0 radical (unpaired) electrons. The maximum Gasteiger partial charge on any atom is 0.273 e. The highest BCUT2D eigenvalue weighted by atomic mass is 16.3. The van der Waals surface area contributed by atoms with Crippen molar-refractivity contribution in [1.29, 1.82) is 0 Å². The molecule has 0 aliphatic heterocycles. The highest BCUT2D eigenvalue weighted by Crippen LogP contribution is 2.26. The largest absolute Gasteiger partial charge is 0.396 e. The van der Waals surface area contributed by atoms with E-state index in [1.807, 2.05) is 0 Å². The van der Waals surface area contributed by atoms with Crippen molar-refractivity contribution in [3.8, 4) is 0 Å². The molecule has 0 bridgehead atoms. The Balaban J connectivity index is 1.86. The average Bonchev–Trinajstić information content (AvgIpc) is 2.50. The third kappa shape index (κ3) is 2.16. The number of rotatable bonds is 3. The summed E-state index contributed by atoms with van der Waals surface area (Å²) in [6, 6.07) is 0. The van der Waals surface area contributed by atoms with E-state index in [2.05, 4.69) is 10.4 Å². The van der Waals surface area contributed by atoms with Crippen LogP contribution in [0.2, 0.25) is 0 Å². The summed E-state index contributed by atoms with van der Waals surface area (Å²) in [4.78, 5) is 11.7. The van der Waals surface area contributed by atoms with Crippen molar-refractivity contribution in [3.63, 3.8) is 0 Å². The zero-order chi connectivity index (χ0) is 11.7. The number of hydrogen-bond acceptors (Lipinski definition) is 4. The van der Waals surface area contributed by atoms with Crippen molar-refractivity contribution in [2.24, 2.45) is 13.0 Å². The Hall–Kier alpha value is -1.56. The van der Waals surface area contributed by atoms with Gasteiger partial charge in [0.05, 0.1) is 11.8 Å². The van der Waals surface area contributed by atoms with E-state index in [9.17, 15) is 4.79 Å². The molecular formula is C10H16N4O2. The predicted octanol–water partition coefficient (Wildman–Crippen LogP) is -0.497. The van der Waals surface area contributed by atoms with Gasteiger partial charge < -0.3 is 16.2 Å². The van der Waals surface area contributed by atoms with Gasteiger partial charge in [-0.3, -0.25) is 9.48 Å². The summed E-state index contributed by atoms with van der Waals surface area (Å²) >= 11 is 0. The van der Waals surface area contributed by atoms with Crippen LogP contribution in [0.4, 0.5) is 5.69 Å². The van der Waals surface area contributed by atoms with Gasteiger partial charge in [-0.25, -0.2) is 0 Å². The van der Waals surface area contributed by atoms with Gasteiger partial charge in [-0.1, -0.05) is 0 Å². The van der Waals surface area contributed by atoms with Gasteiger partial charge in [-0.2, -0.15) is 5.10 Å². The molecule has 88 valence electrons. The normalized spacial score (nSPS) is 23.9. The number of aliphatic hydroxyl groups excluding tert-OH is 1. The molecule has 6 nitrogen and oxygen atoms in total. The van der Waals surface area contributed by atoms with Crippen LogP contribution in [-0.2, 0) is 7.05 Å². The molecule has 1 aromatic rings. The van der Waals surface area contributed by atoms with Gasteiger partial charge in [0.2, 0.25) is 0 Å². The van der Waals surface area contributed by atoms with E-state index in [0.29, 0.717) is 18.2 Å². The minimum Gasteiger partial charge on any atom is -0.396 e. The average molecular weight is 224 g/mol. The molecule has 1 saturated carbocycles. The second-order valence-electron chi connectivity index (χ2n) is 4.31. The molecular weight excluding hydrogens is 208 g/mol. The second-order valence-corrected chi connectivity index (χ2v) is 4.31. The van der Waals surface area contributed by atoms with Gasteiger partial charge in [-0.05, 0) is 18.8 Å². The fourth-order valence-corrected chi connectivity index (χ4v) is 1.87. The van der Waals surface area contributed by atoms with Crippen LogP contribution in [0.15, 0.2) is 6.20 Å². The van der Waals surface area contributed by atoms with E-state index in [1.165, 1.54) is 4.68 Å². The molecule has 6 heteroatoms. The van der Waals surface area contributed by atoms with E-state index in [-0.39, 0.29) is 17.7 Å². The number of hydrogen-bond donors (Lipinski definition) is 3. The summed E-state index contributed by atoms with van der Waals surface area (Å²) in [6.07, 6.45) is 2.93. The Bertz CT molecular complexity index is 396. The van der Waals surface area contributed by atoms with E-state index in [4.69, 9.17) is 10.8 Å². The smallest absolute Gasteiger partial charge is 0.273 e. The lowest BCUT2D eigenvalue weighted by atomic mass is 9.82. The Labute approximate surface area is 93.4 Å². The standard InChI is InChI=1S/C10H16N4O2/c1-14-5-8(11)9(13-14)10(16)12-4-6-2-7(15)3-6/h5-7,15H,2-4,11H2,1H3,(H,12,16). The molecule has 1 amide bonds. The second kappa shape index (κ2) is 4.13. The Morgan fingerprint density at radius 1 is 1.75 bits per heavy atom. The topological polar surface area (TPSA) is 93.2 Å². The molecule has 0 saturated heterocycles. The summed E-state index contributed by atoms with van der Waals surface area (Å²) in [7, 11) is 1.72. The first-order chi connectivity index (χ1) is 7.56. The number of aromatic nitrogens is 2. The van der Waals surface area contributed by atoms with Crippen LogP contribution in [-0.4, -0.2) is 33.4 Å². The zero-order valence-corrected chi connectivity index (χ0v) is 9.18. The van der Waals surface area contributed by atoms with Gasteiger partial charge in [0.15, 0.2) is 5.69 Å². The number of aryl methyl sites for hydroxylation is 1. The third-order valence-corrected chi connectivity index (χ3v) is 2.83. The Kier molecular flexibility index (Phi) is 2.82. The predicted molar refractivity (Wildman–Crippen MR) is 58.7 cm³/mol. The lowest BCUT2D eigenvalue weighted by molar-refractivity contribution is 0.0420. The van der Waals surface area contributed by atoms with E-state index in [1.54, 1.807) is 13.2 Å². The van der Waals surface area contributed by atoms with E-state index >= 15 is 0 Å². The molecule has 0 spiro atoms. The quantitative estimate of drug-likeness (QED) is 0.645. The first kappa shape index (κ1) is 10.9. The third-order valence-electron chi connectivity index (χ3n) is 2.83. The minimum absolute atomic E-state index is 0.193. The lowest BCUT2D eigenvalue weighted by Crippen LogP contribution is -2.38. The number of aliphatic hydroxyl groups is 1. The maximum absolute atomic E-state index is 11.7. The highest BCUT2D eigenvalue weighted by Gasteiger charge is 2.27. The number of nitrogens with one attached hydrogen (secondary N) is 1. The van der Waals surface area contributed by atoms with Crippen molar-refractivity contribution in [3.05, 3.63) is 11.9 Å². The summed E-state index contributed by atoms with van der Waals surface area (Å²) in [5.74, 6) is 0.128. The maximum atomic E-state index is 11.7. The van der Waals surface area contributed by atoms with E-state index in [0.717, 1.165) is 12.8 Å². The molecule has 0 aromatic carbocycles. The molecule has 1 aliphatic carbocycles. The van der Waals surface area contributed by atoms with Crippen LogP contribution in [0.25, 0.3) is 0 Å². The molecule has 1 heterocycles. The number of nitrogens with two attached hydrogens (primary N) is 1. The minimum atomic E-state index is -0.250. The summed E-state index contributed by atoms with van der Waals surface area (Å²) < 4.78 is 1.51. The van der Waals surface area contributed by atoms with Crippen LogP contribution in [0.3, 0.4) is 0 Å². The van der Waals surface area contributed by atoms with Crippen LogP contribution in [0.1, 0.15) is 23.3 Å². The van der Waals surface area contributed by atoms with Crippen molar-refractivity contribution in [1.82, 2.24) is 15.1 Å². The van der Waals surface area contributed by atoms with Crippen LogP contribution in [0.5, 0.6) is 0 Å². The van der Waals surface area contributed by atoms with Crippen molar-refractivity contribution >= 4 is 11.6 Å².